The highest BCUT2D eigenvalue weighted by Gasteiger charge is 2.11. The summed E-state index contributed by atoms with van der Waals surface area (Å²) in [5.41, 5.74) is 3.93. The van der Waals surface area contributed by atoms with E-state index in [4.69, 9.17) is 5.11 Å². The molecule has 0 aromatic heterocycles. The van der Waals surface area contributed by atoms with Crippen molar-refractivity contribution in [1.29, 1.82) is 0 Å². The average molecular weight is 366 g/mol. The van der Waals surface area contributed by atoms with E-state index in [9.17, 15) is 9.59 Å². The standard InChI is InChI=1S/C22H26N2O3/c1-4-5-13-23-22(27)24(3)20-8-6-7-19(15-20)18-11-9-17(10-12-18)14-16(2)21(25)26/h6-12,14-15H,4-5,13H2,1-3H3,(H,23,27)(H,25,26)/b16-14-. The number of nitrogens with one attached hydrogen (secondary N) is 1. The van der Waals surface area contributed by atoms with Crippen LogP contribution in [0.15, 0.2) is 54.1 Å². The lowest BCUT2D eigenvalue weighted by atomic mass is 10.0. The molecule has 2 N–H and O–H groups in total. The number of carboxylic acids is 1. The number of carboxylic acid groups (broad SMARTS) is 1. The number of hydrogen-bond donors (Lipinski definition) is 2. The number of rotatable bonds is 7. The zero-order valence-corrected chi connectivity index (χ0v) is 16.0. The summed E-state index contributed by atoms with van der Waals surface area (Å²) in [4.78, 5) is 24.8. The SMILES string of the molecule is CCCCNC(=O)N(C)c1cccc(-c2ccc(/C=C(/C)C(=O)O)cc2)c1. The van der Waals surface area contributed by atoms with Crippen LogP contribution in [0.3, 0.4) is 0 Å². The van der Waals surface area contributed by atoms with Crippen molar-refractivity contribution in [3.8, 4) is 11.1 Å². The van der Waals surface area contributed by atoms with Gasteiger partial charge in [0.2, 0.25) is 0 Å². The molecule has 0 fully saturated rings. The molecule has 0 aliphatic heterocycles. The van der Waals surface area contributed by atoms with E-state index in [0.717, 1.165) is 35.2 Å². The molecule has 0 saturated heterocycles. The quantitative estimate of drug-likeness (QED) is 0.547. The number of unbranched alkanes of at least 4 members (excludes halogenated alkanes) is 1. The zero-order chi connectivity index (χ0) is 19.8. The van der Waals surface area contributed by atoms with Gasteiger partial charge in [-0.1, -0.05) is 49.7 Å². The number of urea groups is 1. The number of carbonyl (C=O) groups is 2. The first-order chi connectivity index (χ1) is 12.9. The van der Waals surface area contributed by atoms with Gasteiger partial charge in [-0.15, -0.1) is 0 Å². The minimum Gasteiger partial charge on any atom is -0.478 e. The number of nitrogens with zero attached hydrogens (tertiary/aromatic N) is 1. The average Bonchev–Trinajstić information content (AvgIpc) is 2.68. The molecule has 27 heavy (non-hydrogen) atoms. The summed E-state index contributed by atoms with van der Waals surface area (Å²) in [6.07, 6.45) is 3.63. The van der Waals surface area contributed by atoms with Crippen LogP contribution in [0.1, 0.15) is 32.3 Å². The molecule has 0 saturated carbocycles. The Hall–Kier alpha value is -3.08. The van der Waals surface area contributed by atoms with Crippen LogP contribution in [0.2, 0.25) is 0 Å². The highest BCUT2D eigenvalue weighted by Crippen LogP contribution is 2.25. The molecule has 0 aliphatic carbocycles. The third kappa shape index (κ3) is 5.71. The van der Waals surface area contributed by atoms with Crippen molar-refractivity contribution in [1.82, 2.24) is 5.32 Å². The number of benzene rings is 2. The van der Waals surface area contributed by atoms with E-state index >= 15 is 0 Å². The van der Waals surface area contributed by atoms with Crippen LogP contribution < -0.4 is 10.2 Å². The molecule has 0 atom stereocenters. The molecule has 0 radical (unpaired) electrons. The van der Waals surface area contributed by atoms with Crippen molar-refractivity contribution in [3.05, 3.63) is 59.7 Å². The minimum atomic E-state index is -0.924. The van der Waals surface area contributed by atoms with Gasteiger partial charge in [-0.05, 0) is 48.2 Å². The van der Waals surface area contributed by atoms with Gasteiger partial charge in [-0.25, -0.2) is 9.59 Å². The molecule has 2 rings (SSSR count). The predicted octanol–water partition coefficient (Wildman–Crippen LogP) is 4.79. The van der Waals surface area contributed by atoms with Gasteiger partial charge in [0.05, 0.1) is 0 Å². The van der Waals surface area contributed by atoms with Crippen molar-refractivity contribution in [3.63, 3.8) is 0 Å². The highest BCUT2D eigenvalue weighted by molar-refractivity contribution is 5.92. The van der Waals surface area contributed by atoms with E-state index in [-0.39, 0.29) is 6.03 Å². The fourth-order valence-corrected chi connectivity index (χ4v) is 2.59. The summed E-state index contributed by atoms with van der Waals surface area (Å²) in [6.45, 7) is 4.33. The van der Waals surface area contributed by atoms with Gasteiger partial charge in [0.1, 0.15) is 0 Å². The number of amides is 2. The van der Waals surface area contributed by atoms with Gasteiger partial charge in [0.15, 0.2) is 0 Å². The lowest BCUT2D eigenvalue weighted by Gasteiger charge is -2.19. The Bertz CT molecular complexity index is 826. The predicted molar refractivity (Wildman–Crippen MR) is 110 cm³/mol. The topological polar surface area (TPSA) is 69.6 Å². The van der Waals surface area contributed by atoms with Gasteiger partial charge in [-0.2, -0.15) is 0 Å². The minimum absolute atomic E-state index is 0.120. The van der Waals surface area contributed by atoms with E-state index < -0.39 is 5.97 Å². The van der Waals surface area contributed by atoms with E-state index in [1.807, 2.05) is 48.5 Å². The summed E-state index contributed by atoms with van der Waals surface area (Å²) in [5, 5.41) is 11.9. The monoisotopic (exact) mass is 366 g/mol. The molecular weight excluding hydrogens is 340 g/mol. The Balaban J connectivity index is 2.16. The second-order valence-corrected chi connectivity index (χ2v) is 6.45. The van der Waals surface area contributed by atoms with E-state index in [1.54, 1.807) is 24.9 Å². The van der Waals surface area contributed by atoms with Gasteiger partial charge in [0.25, 0.3) is 0 Å². The molecule has 5 heteroatoms. The molecule has 5 nitrogen and oxygen atoms in total. The molecular formula is C22H26N2O3. The largest absolute Gasteiger partial charge is 0.478 e. The third-order valence-electron chi connectivity index (χ3n) is 4.31. The molecule has 2 aromatic carbocycles. The van der Waals surface area contributed by atoms with Crippen LogP contribution in [0.5, 0.6) is 0 Å². The van der Waals surface area contributed by atoms with Gasteiger partial charge in [-0.3, -0.25) is 4.90 Å². The molecule has 0 bridgehead atoms. The second-order valence-electron chi connectivity index (χ2n) is 6.45. The van der Waals surface area contributed by atoms with Crippen molar-refractivity contribution >= 4 is 23.8 Å². The summed E-state index contributed by atoms with van der Waals surface area (Å²) in [5.74, 6) is -0.924. The Kier molecular flexibility index (Phi) is 7.17. The van der Waals surface area contributed by atoms with Crippen molar-refractivity contribution < 1.29 is 14.7 Å². The van der Waals surface area contributed by atoms with Crippen molar-refractivity contribution in [2.24, 2.45) is 0 Å². The normalized spacial score (nSPS) is 11.1. The first-order valence-corrected chi connectivity index (χ1v) is 9.06. The van der Waals surface area contributed by atoms with Gasteiger partial charge in [0, 0.05) is 24.9 Å². The van der Waals surface area contributed by atoms with Crippen molar-refractivity contribution in [2.45, 2.75) is 26.7 Å². The second kappa shape index (κ2) is 9.57. The summed E-state index contributed by atoms with van der Waals surface area (Å²) in [7, 11) is 1.75. The molecule has 2 aromatic rings. The zero-order valence-electron chi connectivity index (χ0n) is 16.0. The fraction of sp³-hybridized carbons (Fsp3) is 0.273. The van der Waals surface area contributed by atoms with Crippen LogP contribution in [0.25, 0.3) is 17.2 Å². The van der Waals surface area contributed by atoms with E-state index in [1.165, 1.54) is 0 Å². The summed E-state index contributed by atoms with van der Waals surface area (Å²) >= 11 is 0. The Morgan fingerprint density at radius 1 is 1.11 bits per heavy atom. The third-order valence-corrected chi connectivity index (χ3v) is 4.31. The van der Waals surface area contributed by atoms with E-state index in [2.05, 4.69) is 12.2 Å². The Labute approximate surface area is 160 Å². The molecule has 142 valence electrons. The lowest BCUT2D eigenvalue weighted by molar-refractivity contribution is -0.132. The maximum Gasteiger partial charge on any atom is 0.331 e. The summed E-state index contributed by atoms with van der Waals surface area (Å²) < 4.78 is 0. The first kappa shape index (κ1) is 20.2. The maximum atomic E-state index is 12.2. The fourth-order valence-electron chi connectivity index (χ4n) is 2.59. The number of anilines is 1. The van der Waals surface area contributed by atoms with Gasteiger partial charge >= 0.3 is 12.0 Å². The Morgan fingerprint density at radius 2 is 1.81 bits per heavy atom. The van der Waals surface area contributed by atoms with Crippen LogP contribution in [-0.4, -0.2) is 30.7 Å². The van der Waals surface area contributed by atoms with Crippen LogP contribution in [0.4, 0.5) is 10.5 Å². The molecule has 0 unspecified atom stereocenters. The van der Waals surface area contributed by atoms with Crippen LogP contribution in [-0.2, 0) is 4.79 Å². The van der Waals surface area contributed by atoms with Crippen molar-refractivity contribution in [2.75, 3.05) is 18.5 Å². The summed E-state index contributed by atoms with van der Waals surface area (Å²) in [6, 6.07) is 15.3. The maximum absolute atomic E-state index is 12.2. The molecule has 0 heterocycles. The Morgan fingerprint density at radius 3 is 2.44 bits per heavy atom. The van der Waals surface area contributed by atoms with Gasteiger partial charge < -0.3 is 10.4 Å². The number of carbonyl (C=O) groups excluding carboxylic acids is 1. The molecule has 0 aliphatic rings. The lowest BCUT2D eigenvalue weighted by Crippen LogP contribution is -2.37. The number of aliphatic carboxylic acids is 1. The van der Waals surface area contributed by atoms with Crippen LogP contribution in [0, 0.1) is 0 Å². The highest BCUT2D eigenvalue weighted by atomic mass is 16.4. The molecule has 2 amide bonds. The molecule has 0 spiro atoms. The van der Waals surface area contributed by atoms with E-state index in [0.29, 0.717) is 12.1 Å². The first-order valence-electron chi connectivity index (χ1n) is 9.06. The van der Waals surface area contributed by atoms with Crippen LogP contribution >= 0.6 is 0 Å². The number of hydrogen-bond acceptors (Lipinski definition) is 2. The smallest absolute Gasteiger partial charge is 0.331 e.